The summed E-state index contributed by atoms with van der Waals surface area (Å²) in [7, 11) is 4.15. The molecule has 0 heterocycles. The Morgan fingerprint density at radius 1 is 1.33 bits per heavy atom. The Bertz CT molecular complexity index is 369. The molecule has 102 valence electrons. The molecule has 0 fully saturated rings. The lowest BCUT2D eigenvalue weighted by molar-refractivity contribution is 0.388. The molecule has 18 heavy (non-hydrogen) atoms. The minimum absolute atomic E-state index is 0.0532. The fourth-order valence-corrected chi connectivity index (χ4v) is 2.17. The first-order valence-corrected chi connectivity index (χ1v) is 7.13. The van der Waals surface area contributed by atoms with Gasteiger partial charge < -0.3 is 10.2 Å². The van der Waals surface area contributed by atoms with Gasteiger partial charge in [-0.05, 0) is 59.1 Å². The van der Waals surface area contributed by atoms with Crippen LogP contribution in [0.25, 0.3) is 0 Å². The Morgan fingerprint density at radius 3 is 2.67 bits per heavy atom. The Kier molecular flexibility index (Phi) is 6.82. The van der Waals surface area contributed by atoms with E-state index in [4.69, 9.17) is 0 Å². The average Bonchev–Trinajstić information content (AvgIpc) is 2.27. The van der Waals surface area contributed by atoms with E-state index in [0.29, 0.717) is 0 Å². The number of hydrogen-bond acceptors (Lipinski definition) is 2. The van der Waals surface area contributed by atoms with Crippen LogP contribution in [0.4, 0.5) is 4.39 Å². The molecule has 4 heteroatoms. The molecule has 0 aliphatic heterocycles. The van der Waals surface area contributed by atoms with Gasteiger partial charge in [-0.15, -0.1) is 0 Å². The van der Waals surface area contributed by atoms with E-state index in [1.54, 1.807) is 0 Å². The molecule has 1 unspecified atom stereocenters. The number of nitrogens with one attached hydrogen (secondary N) is 1. The first-order chi connectivity index (χ1) is 8.50. The first-order valence-electron chi connectivity index (χ1n) is 6.33. The number of halogens is 2. The fourth-order valence-electron chi connectivity index (χ4n) is 1.83. The second-order valence-corrected chi connectivity index (χ2v) is 5.77. The van der Waals surface area contributed by atoms with E-state index in [2.05, 4.69) is 40.2 Å². The maximum Gasteiger partial charge on any atom is 0.129 e. The molecule has 0 aromatic heterocycles. The van der Waals surface area contributed by atoms with Crippen LogP contribution in [0.3, 0.4) is 0 Å². The molecule has 1 aromatic rings. The molecule has 1 aromatic carbocycles. The quantitative estimate of drug-likeness (QED) is 0.773. The third-order valence-corrected chi connectivity index (χ3v) is 3.40. The maximum absolute atomic E-state index is 13.7. The van der Waals surface area contributed by atoms with Gasteiger partial charge in [0.05, 0.1) is 0 Å². The zero-order valence-corrected chi connectivity index (χ0v) is 12.9. The lowest BCUT2D eigenvalue weighted by Gasteiger charge is -2.16. The Balaban J connectivity index is 2.34. The lowest BCUT2D eigenvalue weighted by Crippen LogP contribution is -2.22. The van der Waals surface area contributed by atoms with Gasteiger partial charge in [0.1, 0.15) is 5.82 Å². The van der Waals surface area contributed by atoms with Crippen LogP contribution in [-0.2, 0) is 0 Å². The largest absolute Gasteiger partial charge is 0.310 e. The second kappa shape index (κ2) is 7.87. The number of nitrogens with zero attached hydrogens (tertiary/aromatic N) is 1. The normalized spacial score (nSPS) is 13.0. The van der Waals surface area contributed by atoms with Gasteiger partial charge in [0.25, 0.3) is 0 Å². The zero-order valence-electron chi connectivity index (χ0n) is 11.3. The van der Waals surface area contributed by atoms with Crippen molar-refractivity contribution < 1.29 is 4.39 Å². The predicted octanol–water partition coefficient (Wildman–Crippen LogP) is 3.58. The van der Waals surface area contributed by atoms with E-state index in [0.717, 1.165) is 36.0 Å². The zero-order chi connectivity index (χ0) is 13.5. The van der Waals surface area contributed by atoms with Gasteiger partial charge in [-0.2, -0.15) is 0 Å². The molecular formula is C14H22BrFN2. The van der Waals surface area contributed by atoms with Gasteiger partial charge in [0, 0.05) is 16.1 Å². The van der Waals surface area contributed by atoms with Crippen LogP contribution in [0.5, 0.6) is 0 Å². The molecule has 0 amide bonds. The van der Waals surface area contributed by atoms with E-state index in [9.17, 15) is 4.39 Å². The smallest absolute Gasteiger partial charge is 0.129 e. The van der Waals surface area contributed by atoms with Gasteiger partial charge in [-0.1, -0.05) is 22.0 Å². The summed E-state index contributed by atoms with van der Waals surface area (Å²) in [5.74, 6) is -0.155. The molecule has 1 rings (SSSR count). The number of rotatable bonds is 7. The van der Waals surface area contributed by atoms with Gasteiger partial charge >= 0.3 is 0 Å². The third kappa shape index (κ3) is 5.46. The second-order valence-electron chi connectivity index (χ2n) is 4.85. The minimum atomic E-state index is -0.155. The summed E-state index contributed by atoms with van der Waals surface area (Å²) in [5.41, 5.74) is 0.728. The van der Waals surface area contributed by atoms with Crippen LogP contribution in [0.15, 0.2) is 22.7 Å². The number of unbranched alkanes of at least 4 members (excludes halogenated alkanes) is 1. The van der Waals surface area contributed by atoms with Crippen molar-refractivity contribution in [1.82, 2.24) is 10.2 Å². The summed E-state index contributed by atoms with van der Waals surface area (Å²) < 4.78 is 14.5. The molecule has 0 radical (unpaired) electrons. The summed E-state index contributed by atoms with van der Waals surface area (Å²) in [6, 6.07) is 5.27. The fraction of sp³-hybridized carbons (Fsp3) is 0.571. The molecule has 0 bridgehead atoms. The molecular weight excluding hydrogens is 295 g/mol. The van der Waals surface area contributed by atoms with Gasteiger partial charge in [-0.25, -0.2) is 4.39 Å². The Morgan fingerprint density at radius 2 is 2.06 bits per heavy atom. The van der Waals surface area contributed by atoms with E-state index in [1.165, 1.54) is 6.07 Å². The van der Waals surface area contributed by atoms with Gasteiger partial charge in [0.15, 0.2) is 0 Å². The van der Waals surface area contributed by atoms with E-state index < -0.39 is 0 Å². The van der Waals surface area contributed by atoms with Crippen LogP contribution in [0.1, 0.15) is 31.4 Å². The molecule has 0 saturated carbocycles. The summed E-state index contributed by atoms with van der Waals surface area (Å²) in [4.78, 5) is 2.18. The Labute approximate surface area is 118 Å². The van der Waals surface area contributed by atoms with Gasteiger partial charge in [-0.3, -0.25) is 0 Å². The minimum Gasteiger partial charge on any atom is -0.310 e. The van der Waals surface area contributed by atoms with E-state index in [1.807, 2.05) is 19.1 Å². The monoisotopic (exact) mass is 316 g/mol. The molecule has 1 N–H and O–H groups in total. The van der Waals surface area contributed by atoms with E-state index in [-0.39, 0.29) is 11.9 Å². The maximum atomic E-state index is 13.7. The standard InChI is InChI=1S/C14H22BrFN2/c1-11(17-8-4-5-9-18(2)3)13-7-6-12(15)10-14(13)16/h6-7,10-11,17H,4-5,8-9H2,1-3H3. The van der Waals surface area contributed by atoms with Crippen molar-refractivity contribution in [1.29, 1.82) is 0 Å². The molecule has 0 aliphatic carbocycles. The van der Waals surface area contributed by atoms with Crippen LogP contribution in [0.2, 0.25) is 0 Å². The van der Waals surface area contributed by atoms with Crippen LogP contribution in [-0.4, -0.2) is 32.1 Å². The van der Waals surface area contributed by atoms with Crippen molar-refractivity contribution in [2.24, 2.45) is 0 Å². The highest BCUT2D eigenvalue weighted by atomic mass is 79.9. The van der Waals surface area contributed by atoms with Crippen molar-refractivity contribution in [3.8, 4) is 0 Å². The number of benzene rings is 1. The highest BCUT2D eigenvalue weighted by molar-refractivity contribution is 9.10. The third-order valence-electron chi connectivity index (χ3n) is 2.91. The highest BCUT2D eigenvalue weighted by Gasteiger charge is 2.10. The Hall–Kier alpha value is -0.450. The molecule has 0 spiro atoms. The topological polar surface area (TPSA) is 15.3 Å². The molecule has 1 atom stereocenters. The van der Waals surface area contributed by atoms with Crippen molar-refractivity contribution in [3.63, 3.8) is 0 Å². The highest BCUT2D eigenvalue weighted by Crippen LogP contribution is 2.20. The average molecular weight is 317 g/mol. The van der Waals surface area contributed by atoms with E-state index >= 15 is 0 Å². The first kappa shape index (κ1) is 15.6. The SMILES string of the molecule is CC(NCCCCN(C)C)c1ccc(Br)cc1F. The van der Waals surface area contributed by atoms with Crippen molar-refractivity contribution in [2.45, 2.75) is 25.8 Å². The van der Waals surface area contributed by atoms with Crippen molar-refractivity contribution in [2.75, 3.05) is 27.2 Å². The molecule has 2 nitrogen and oxygen atoms in total. The van der Waals surface area contributed by atoms with Crippen LogP contribution >= 0.6 is 15.9 Å². The van der Waals surface area contributed by atoms with Crippen molar-refractivity contribution in [3.05, 3.63) is 34.1 Å². The summed E-state index contributed by atoms with van der Waals surface area (Å²) in [6.07, 6.45) is 2.27. The van der Waals surface area contributed by atoms with Crippen LogP contribution < -0.4 is 5.32 Å². The molecule has 0 saturated heterocycles. The summed E-state index contributed by atoms with van der Waals surface area (Å²) in [6.45, 7) is 4.02. The lowest BCUT2D eigenvalue weighted by atomic mass is 10.1. The van der Waals surface area contributed by atoms with Gasteiger partial charge in [0.2, 0.25) is 0 Å². The number of hydrogen-bond donors (Lipinski definition) is 1. The summed E-state index contributed by atoms with van der Waals surface area (Å²) >= 11 is 3.27. The van der Waals surface area contributed by atoms with Crippen LogP contribution in [0, 0.1) is 5.82 Å². The predicted molar refractivity (Wildman–Crippen MR) is 78.3 cm³/mol. The molecule has 0 aliphatic rings. The van der Waals surface area contributed by atoms with Crippen molar-refractivity contribution >= 4 is 15.9 Å². The summed E-state index contributed by atoms with van der Waals surface area (Å²) in [5, 5.41) is 3.36.